The molecular weight excluding hydrogens is 380 g/mol. The zero-order chi connectivity index (χ0) is 19.5. The van der Waals surface area contributed by atoms with Crippen molar-refractivity contribution >= 4 is 21.6 Å². The predicted octanol–water partition coefficient (Wildman–Crippen LogP) is 3.64. The van der Waals surface area contributed by atoms with Crippen LogP contribution < -0.4 is 0 Å². The van der Waals surface area contributed by atoms with Gasteiger partial charge >= 0.3 is 0 Å². The first-order valence-corrected chi connectivity index (χ1v) is 10.3. The lowest BCUT2D eigenvalue weighted by atomic mass is 10.1. The minimum absolute atomic E-state index is 0.105. The molecule has 4 rings (SSSR count). The molecule has 4 nitrogen and oxygen atoms in total. The summed E-state index contributed by atoms with van der Waals surface area (Å²) in [5, 5.41) is 10.6. The van der Waals surface area contributed by atoms with E-state index in [1.807, 2.05) is 18.2 Å². The first kappa shape index (κ1) is 19.4. The number of thiazole rings is 1. The summed E-state index contributed by atoms with van der Waals surface area (Å²) < 4.78 is 27.9. The van der Waals surface area contributed by atoms with Crippen LogP contribution in [0.1, 0.15) is 17.0 Å². The number of piperazine rings is 1. The maximum Gasteiger partial charge on any atom is 0.159 e. The van der Waals surface area contributed by atoms with E-state index in [-0.39, 0.29) is 12.6 Å². The molecule has 0 amide bonds. The van der Waals surface area contributed by atoms with Crippen molar-refractivity contribution in [1.29, 1.82) is 0 Å². The fraction of sp³-hybridized carbons (Fsp3) is 0.381. The van der Waals surface area contributed by atoms with Gasteiger partial charge in [0.2, 0.25) is 0 Å². The summed E-state index contributed by atoms with van der Waals surface area (Å²) in [5.74, 6) is -1.64. The second kappa shape index (κ2) is 8.61. The Bertz CT molecular complexity index is 915. The van der Waals surface area contributed by atoms with Crippen LogP contribution in [0.25, 0.3) is 10.2 Å². The highest BCUT2D eigenvalue weighted by Crippen LogP contribution is 2.24. The van der Waals surface area contributed by atoms with Crippen LogP contribution in [-0.2, 0) is 13.1 Å². The number of aliphatic hydroxyl groups excluding tert-OH is 1. The van der Waals surface area contributed by atoms with Gasteiger partial charge in [0.05, 0.1) is 16.8 Å². The summed E-state index contributed by atoms with van der Waals surface area (Å²) in [5.41, 5.74) is 1.79. The molecule has 2 heterocycles. The van der Waals surface area contributed by atoms with Crippen LogP contribution in [0.15, 0.2) is 42.5 Å². The summed E-state index contributed by atoms with van der Waals surface area (Å²) >= 11 is 1.72. The summed E-state index contributed by atoms with van der Waals surface area (Å²) in [4.78, 5) is 9.33. The zero-order valence-electron chi connectivity index (χ0n) is 15.5. The third-order valence-electron chi connectivity index (χ3n) is 5.22. The Labute approximate surface area is 167 Å². The van der Waals surface area contributed by atoms with E-state index in [2.05, 4.69) is 15.9 Å². The molecule has 1 aliphatic rings. The largest absolute Gasteiger partial charge is 0.396 e. The van der Waals surface area contributed by atoms with E-state index in [9.17, 15) is 13.9 Å². The van der Waals surface area contributed by atoms with Gasteiger partial charge in [-0.25, -0.2) is 13.8 Å². The molecule has 1 saturated heterocycles. The molecule has 1 aliphatic heterocycles. The molecule has 0 aliphatic carbocycles. The molecule has 1 N–H and O–H groups in total. The van der Waals surface area contributed by atoms with E-state index in [0.29, 0.717) is 13.0 Å². The fourth-order valence-corrected chi connectivity index (χ4v) is 4.79. The molecule has 0 unspecified atom stereocenters. The molecule has 0 saturated carbocycles. The number of rotatable bonds is 6. The van der Waals surface area contributed by atoms with E-state index >= 15 is 0 Å². The van der Waals surface area contributed by atoms with E-state index < -0.39 is 11.6 Å². The highest BCUT2D eigenvalue weighted by Gasteiger charge is 2.27. The quantitative estimate of drug-likeness (QED) is 0.682. The standard InChI is InChI=1S/C21H23F2N3OS/c22-17-6-5-15(11-18(17)23)12-26-9-8-25(13-16(26)7-10-27)14-21-24-19-3-1-2-4-20(19)28-21/h1-6,11,16,27H,7-10,12-14H2/t16-/m0/s1. The first-order valence-electron chi connectivity index (χ1n) is 9.48. The second-order valence-corrected chi connectivity index (χ2v) is 8.31. The number of hydrogen-bond donors (Lipinski definition) is 1. The van der Waals surface area contributed by atoms with Crippen LogP contribution in [0.2, 0.25) is 0 Å². The van der Waals surface area contributed by atoms with Crippen molar-refractivity contribution in [3.8, 4) is 0 Å². The van der Waals surface area contributed by atoms with Gasteiger partial charge in [-0.2, -0.15) is 0 Å². The number of halogens is 2. The normalized spacial score (nSPS) is 18.8. The first-order chi connectivity index (χ1) is 13.6. The monoisotopic (exact) mass is 403 g/mol. The lowest BCUT2D eigenvalue weighted by molar-refractivity contribution is 0.0499. The topological polar surface area (TPSA) is 39.6 Å². The molecule has 0 radical (unpaired) electrons. The molecule has 28 heavy (non-hydrogen) atoms. The number of nitrogens with zero attached hydrogens (tertiary/aromatic N) is 3. The number of aromatic nitrogens is 1. The van der Waals surface area contributed by atoms with Gasteiger partial charge < -0.3 is 5.11 Å². The molecular formula is C21H23F2N3OS. The highest BCUT2D eigenvalue weighted by molar-refractivity contribution is 7.18. The van der Waals surface area contributed by atoms with Crippen molar-refractivity contribution in [1.82, 2.24) is 14.8 Å². The van der Waals surface area contributed by atoms with Crippen molar-refractivity contribution in [3.63, 3.8) is 0 Å². The molecule has 1 atom stereocenters. The highest BCUT2D eigenvalue weighted by atomic mass is 32.1. The van der Waals surface area contributed by atoms with Gasteiger partial charge in [0, 0.05) is 38.8 Å². The van der Waals surface area contributed by atoms with Crippen molar-refractivity contribution < 1.29 is 13.9 Å². The summed E-state index contributed by atoms with van der Waals surface area (Å²) in [7, 11) is 0. The Balaban J connectivity index is 1.42. The van der Waals surface area contributed by atoms with Gasteiger partial charge in [0.25, 0.3) is 0 Å². The van der Waals surface area contributed by atoms with Crippen LogP contribution in [-0.4, -0.2) is 52.2 Å². The van der Waals surface area contributed by atoms with Gasteiger partial charge in [-0.05, 0) is 36.2 Å². The Kier molecular flexibility index (Phi) is 5.96. The minimum atomic E-state index is -0.823. The number of benzene rings is 2. The number of fused-ring (bicyclic) bond motifs is 1. The molecule has 3 aromatic rings. The van der Waals surface area contributed by atoms with Gasteiger partial charge in [-0.1, -0.05) is 18.2 Å². The lowest BCUT2D eigenvalue weighted by Gasteiger charge is -2.41. The molecule has 1 fully saturated rings. The Morgan fingerprint density at radius 3 is 2.71 bits per heavy atom. The van der Waals surface area contributed by atoms with Crippen LogP contribution in [0.4, 0.5) is 8.78 Å². The maximum atomic E-state index is 13.5. The Hall–Kier alpha value is -1.93. The van der Waals surface area contributed by atoms with Gasteiger partial charge in [-0.15, -0.1) is 11.3 Å². The van der Waals surface area contributed by atoms with Crippen LogP contribution in [0.5, 0.6) is 0 Å². The molecule has 148 valence electrons. The molecule has 0 spiro atoms. The number of aliphatic hydroxyl groups is 1. The Morgan fingerprint density at radius 2 is 1.93 bits per heavy atom. The average molecular weight is 403 g/mol. The SMILES string of the molecule is OCC[C@H]1CN(Cc2nc3ccccc3s2)CCN1Cc1ccc(F)c(F)c1. The van der Waals surface area contributed by atoms with Gasteiger partial charge in [0.15, 0.2) is 11.6 Å². The minimum Gasteiger partial charge on any atom is -0.396 e. The smallest absolute Gasteiger partial charge is 0.159 e. The average Bonchev–Trinajstić information content (AvgIpc) is 3.09. The van der Waals surface area contributed by atoms with E-state index in [1.165, 1.54) is 16.8 Å². The summed E-state index contributed by atoms with van der Waals surface area (Å²) in [6.45, 7) is 3.96. The number of para-hydroxylation sites is 1. The predicted molar refractivity (Wildman–Crippen MR) is 107 cm³/mol. The lowest BCUT2D eigenvalue weighted by Crippen LogP contribution is -2.52. The van der Waals surface area contributed by atoms with E-state index in [1.54, 1.807) is 17.4 Å². The van der Waals surface area contributed by atoms with Gasteiger partial charge in [-0.3, -0.25) is 9.80 Å². The van der Waals surface area contributed by atoms with Crippen LogP contribution in [0.3, 0.4) is 0 Å². The molecule has 2 aromatic carbocycles. The molecule has 1 aromatic heterocycles. The van der Waals surface area contributed by atoms with Crippen molar-refractivity contribution in [2.75, 3.05) is 26.2 Å². The molecule has 7 heteroatoms. The number of hydrogen-bond acceptors (Lipinski definition) is 5. The summed E-state index contributed by atoms with van der Waals surface area (Å²) in [6, 6.07) is 12.4. The Morgan fingerprint density at radius 1 is 1.07 bits per heavy atom. The van der Waals surface area contributed by atoms with E-state index in [4.69, 9.17) is 4.98 Å². The third-order valence-corrected chi connectivity index (χ3v) is 6.24. The van der Waals surface area contributed by atoms with Crippen LogP contribution in [0, 0.1) is 11.6 Å². The van der Waals surface area contributed by atoms with Crippen molar-refractivity contribution in [2.45, 2.75) is 25.6 Å². The zero-order valence-corrected chi connectivity index (χ0v) is 16.3. The van der Waals surface area contributed by atoms with Crippen molar-refractivity contribution in [3.05, 3.63) is 64.7 Å². The molecule has 0 bridgehead atoms. The van der Waals surface area contributed by atoms with Crippen molar-refractivity contribution in [2.24, 2.45) is 0 Å². The van der Waals surface area contributed by atoms with E-state index in [0.717, 1.165) is 42.3 Å². The third kappa shape index (κ3) is 4.38. The van der Waals surface area contributed by atoms with Gasteiger partial charge in [0.1, 0.15) is 5.01 Å². The second-order valence-electron chi connectivity index (χ2n) is 7.20. The summed E-state index contributed by atoms with van der Waals surface area (Å²) in [6.07, 6.45) is 0.653. The maximum absolute atomic E-state index is 13.5. The fourth-order valence-electron chi connectivity index (χ4n) is 3.78. The van der Waals surface area contributed by atoms with Crippen LogP contribution >= 0.6 is 11.3 Å².